The minimum Gasteiger partial charge on any atom is -0.492 e. The Bertz CT molecular complexity index is 1110. The van der Waals surface area contributed by atoms with Crippen LogP contribution in [0.25, 0.3) is 22.7 Å². The summed E-state index contributed by atoms with van der Waals surface area (Å²) in [6.45, 7) is 2.51. The average Bonchev–Trinajstić information content (AvgIpc) is 3.44. The predicted molar refractivity (Wildman–Crippen MR) is 105 cm³/mol. The van der Waals surface area contributed by atoms with Gasteiger partial charge in [0.2, 0.25) is 5.91 Å². The number of nitrogens with one attached hydrogen (secondary N) is 2. The SMILES string of the molecule is CC(=O)NC[C@H]1CN(c2ccc3c(c2)OCCc2c-3n[nH]c2-c2ccno2)C(=O)O1. The maximum Gasteiger partial charge on any atom is 0.414 e. The number of rotatable bonds is 4. The molecule has 1 saturated heterocycles. The van der Waals surface area contributed by atoms with Gasteiger partial charge in [0.25, 0.3) is 0 Å². The summed E-state index contributed by atoms with van der Waals surface area (Å²) < 4.78 is 16.6. The van der Waals surface area contributed by atoms with Crippen LogP contribution in [0.15, 0.2) is 35.0 Å². The fraction of sp³-hybridized carbons (Fsp3) is 0.300. The molecule has 2 aromatic heterocycles. The second-order valence-corrected chi connectivity index (χ2v) is 7.13. The Morgan fingerprint density at radius 3 is 3.07 bits per heavy atom. The zero-order valence-electron chi connectivity index (χ0n) is 16.2. The summed E-state index contributed by atoms with van der Waals surface area (Å²) in [4.78, 5) is 25.0. The van der Waals surface area contributed by atoms with Gasteiger partial charge in [0.05, 0.1) is 37.3 Å². The second-order valence-electron chi connectivity index (χ2n) is 7.13. The lowest BCUT2D eigenvalue weighted by atomic mass is 10.0. The highest BCUT2D eigenvalue weighted by Crippen LogP contribution is 2.40. The minimum atomic E-state index is -0.452. The Morgan fingerprint density at radius 1 is 1.37 bits per heavy atom. The highest BCUT2D eigenvalue weighted by molar-refractivity contribution is 5.91. The van der Waals surface area contributed by atoms with E-state index < -0.39 is 12.2 Å². The van der Waals surface area contributed by atoms with Gasteiger partial charge in [0, 0.05) is 36.6 Å². The van der Waals surface area contributed by atoms with Crippen molar-refractivity contribution in [1.29, 1.82) is 0 Å². The summed E-state index contributed by atoms with van der Waals surface area (Å²) in [5, 5.41) is 13.9. The maximum absolute atomic E-state index is 12.3. The van der Waals surface area contributed by atoms with Gasteiger partial charge < -0.3 is 19.3 Å². The molecule has 30 heavy (non-hydrogen) atoms. The monoisotopic (exact) mass is 409 g/mol. The molecule has 1 atom stereocenters. The van der Waals surface area contributed by atoms with Crippen LogP contribution in [0.4, 0.5) is 10.5 Å². The third kappa shape index (κ3) is 3.15. The van der Waals surface area contributed by atoms with Crippen molar-refractivity contribution in [3.05, 3.63) is 36.0 Å². The number of carbonyl (C=O) groups is 2. The molecular formula is C20H19N5O5. The van der Waals surface area contributed by atoms with Gasteiger partial charge >= 0.3 is 6.09 Å². The van der Waals surface area contributed by atoms with Crippen molar-refractivity contribution in [2.24, 2.45) is 0 Å². The van der Waals surface area contributed by atoms with Crippen LogP contribution >= 0.6 is 0 Å². The van der Waals surface area contributed by atoms with Crippen LogP contribution in [0, 0.1) is 0 Å². The number of aromatic nitrogens is 3. The summed E-state index contributed by atoms with van der Waals surface area (Å²) in [5.74, 6) is 1.09. The van der Waals surface area contributed by atoms with E-state index in [0.717, 1.165) is 22.5 Å². The van der Waals surface area contributed by atoms with E-state index in [-0.39, 0.29) is 12.5 Å². The lowest BCUT2D eigenvalue weighted by Crippen LogP contribution is -2.33. The summed E-state index contributed by atoms with van der Waals surface area (Å²) in [6, 6.07) is 7.31. The van der Waals surface area contributed by atoms with Crippen molar-refractivity contribution in [3.8, 4) is 28.5 Å². The van der Waals surface area contributed by atoms with E-state index in [1.54, 1.807) is 12.3 Å². The fourth-order valence-electron chi connectivity index (χ4n) is 3.73. The fourth-order valence-corrected chi connectivity index (χ4v) is 3.73. The number of hydrogen-bond donors (Lipinski definition) is 2. The van der Waals surface area contributed by atoms with Gasteiger partial charge in [-0.2, -0.15) is 5.10 Å². The Kier molecular flexibility index (Phi) is 4.38. The number of aromatic amines is 1. The molecule has 2 N–H and O–H groups in total. The molecule has 0 aliphatic carbocycles. The van der Waals surface area contributed by atoms with Crippen LogP contribution in [0.3, 0.4) is 0 Å². The van der Waals surface area contributed by atoms with E-state index in [2.05, 4.69) is 20.7 Å². The Balaban J connectivity index is 1.43. The molecule has 2 aliphatic heterocycles. The molecule has 0 bridgehead atoms. The summed E-state index contributed by atoms with van der Waals surface area (Å²) in [6.07, 6.45) is 1.39. The number of carbonyl (C=O) groups excluding carboxylic acids is 2. The molecule has 0 saturated carbocycles. The summed E-state index contributed by atoms with van der Waals surface area (Å²) in [7, 11) is 0. The molecule has 4 heterocycles. The molecule has 0 unspecified atom stereocenters. The molecule has 2 amide bonds. The van der Waals surface area contributed by atoms with E-state index in [0.29, 0.717) is 36.8 Å². The van der Waals surface area contributed by atoms with Crippen LogP contribution < -0.4 is 15.0 Å². The van der Waals surface area contributed by atoms with Gasteiger partial charge in [-0.05, 0) is 12.1 Å². The number of ether oxygens (including phenoxy) is 2. The van der Waals surface area contributed by atoms with Crippen molar-refractivity contribution in [1.82, 2.24) is 20.7 Å². The van der Waals surface area contributed by atoms with E-state index in [1.165, 1.54) is 11.8 Å². The number of H-pyrrole nitrogens is 1. The zero-order valence-corrected chi connectivity index (χ0v) is 16.2. The topological polar surface area (TPSA) is 123 Å². The Hall–Kier alpha value is -3.82. The van der Waals surface area contributed by atoms with Crippen molar-refractivity contribution in [2.75, 3.05) is 24.6 Å². The molecule has 1 aromatic carbocycles. The molecule has 5 rings (SSSR count). The summed E-state index contributed by atoms with van der Waals surface area (Å²) in [5.41, 5.74) is 4.06. The van der Waals surface area contributed by atoms with Gasteiger partial charge in [0.1, 0.15) is 17.5 Å². The quantitative estimate of drug-likeness (QED) is 0.677. The molecule has 0 radical (unpaired) electrons. The number of cyclic esters (lactones) is 1. The molecule has 10 nitrogen and oxygen atoms in total. The van der Waals surface area contributed by atoms with Crippen molar-refractivity contribution < 1.29 is 23.6 Å². The smallest absolute Gasteiger partial charge is 0.414 e. The molecule has 3 aromatic rings. The molecule has 154 valence electrons. The van der Waals surface area contributed by atoms with Crippen molar-refractivity contribution in [3.63, 3.8) is 0 Å². The molecule has 1 fully saturated rings. The third-order valence-electron chi connectivity index (χ3n) is 5.15. The Morgan fingerprint density at radius 2 is 2.27 bits per heavy atom. The van der Waals surface area contributed by atoms with Crippen molar-refractivity contribution >= 4 is 17.7 Å². The van der Waals surface area contributed by atoms with Crippen LogP contribution in [-0.2, 0) is 16.0 Å². The van der Waals surface area contributed by atoms with Crippen LogP contribution in [0.1, 0.15) is 12.5 Å². The standard InChI is InChI=1S/C20H19N5O5/c1-11(26)21-9-13-10-25(20(27)29-13)12-2-3-14-17(8-12)28-7-5-15-18(14)23-24-19(15)16-4-6-22-30-16/h2-4,6,8,13H,5,7,9-10H2,1H3,(H,21,26)(H,23,24)/t13-/m0/s1. The highest BCUT2D eigenvalue weighted by Gasteiger charge is 2.33. The van der Waals surface area contributed by atoms with Crippen molar-refractivity contribution in [2.45, 2.75) is 19.4 Å². The van der Waals surface area contributed by atoms with Gasteiger partial charge in [-0.25, -0.2) is 4.79 Å². The van der Waals surface area contributed by atoms with Crippen LogP contribution in [0.2, 0.25) is 0 Å². The zero-order chi connectivity index (χ0) is 20.7. The number of hydrogen-bond acceptors (Lipinski definition) is 7. The van der Waals surface area contributed by atoms with E-state index in [4.69, 9.17) is 14.0 Å². The largest absolute Gasteiger partial charge is 0.492 e. The normalized spacial score (nSPS) is 17.6. The molecule has 0 spiro atoms. The highest BCUT2D eigenvalue weighted by atomic mass is 16.6. The maximum atomic E-state index is 12.3. The minimum absolute atomic E-state index is 0.164. The van der Waals surface area contributed by atoms with Gasteiger partial charge in [-0.15, -0.1) is 0 Å². The number of fused-ring (bicyclic) bond motifs is 3. The first kappa shape index (κ1) is 18.2. The summed E-state index contributed by atoms with van der Waals surface area (Å²) >= 11 is 0. The van der Waals surface area contributed by atoms with E-state index in [1.807, 2.05) is 18.2 Å². The van der Waals surface area contributed by atoms with Crippen LogP contribution in [0.5, 0.6) is 5.75 Å². The number of amides is 2. The number of benzene rings is 1. The molecular weight excluding hydrogens is 390 g/mol. The lowest BCUT2D eigenvalue weighted by Gasteiger charge is -2.16. The number of anilines is 1. The van der Waals surface area contributed by atoms with Gasteiger partial charge in [-0.1, -0.05) is 5.16 Å². The molecule has 2 aliphatic rings. The Labute approximate surface area is 171 Å². The second kappa shape index (κ2) is 7.21. The van der Waals surface area contributed by atoms with Gasteiger partial charge in [-0.3, -0.25) is 14.8 Å². The van der Waals surface area contributed by atoms with Crippen LogP contribution in [-0.4, -0.2) is 53.2 Å². The first-order valence-corrected chi connectivity index (χ1v) is 9.58. The van der Waals surface area contributed by atoms with E-state index >= 15 is 0 Å². The molecule has 10 heteroatoms. The number of nitrogens with zero attached hydrogens (tertiary/aromatic N) is 3. The first-order chi connectivity index (χ1) is 14.6. The van der Waals surface area contributed by atoms with Gasteiger partial charge in [0.15, 0.2) is 5.76 Å². The van der Waals surface area contributed by atoms with E-state index in [9.17, 15) is 9.59 Å². The third-order valence-corrected chi connectivity index (χ3v) is 5.15. The lowest BCUT2D eigenvalue weighted by molar-refractivity contribution is -0.119. The first-order valence-electron chi connectivity index (χ1n) is 9.58. The predicted octanol–water partition coefficient (Wildman–Crippen LogP) is 2.13. The average molecular weight is 409 g/mol.